The van der Waals surface area contributed by atoms with Crippen molar-refractivity contribution in [2.45, 2.75) is 58.8 Å². The molecule has 1 aromatic carbocycles. The van der Waals surface area contributed by atoms with E-state index in [1.54, 1.807) is 27.7 Å². The van der Waals surface area contributed by atoms with Crippen molar-refractivity contribution in [3.8, 4) is 0 Å². The number of alkyl carbamates (subject to hydrolysis) is 1. The topological polar surface area (TPSA) is 176 Å². The Kier molecular flexibility index (Phi) is 10.3. The number of imidazole rings is 1. The molecule has 14 nitrogen and oxygen atoms in total. The maximum absolute atomic E-state index is 13.1. The number of ether oxygens (including phenoxy) is 3. The lowest BCUT2D eigenvalue weighted by molar-refractivity contribution is -0.145. The van der Waals surface area contributed by atoms with Gasteiger partial charge in [0, 0.05) is 6.54 Å². The molecule has 214 valence electrons. The van der Waals surface area contributed by atoms with E-state index in [0.29, 0.717) is 6.42 Å². The molecule has 1 unspecified atom stereocenters. The molecule has 0 saturated carbocycles. The van der Waals surface area contributed by atoms with E-state index in [9.17, 15) is 19.2 Å². The van der Waals surface area contributed by atoms with Crippen LogP contribution in [0.15, 0.2) is 43.0 Å². The van der Waals surface area contributed by atoms with Crippen LogP contribution in [-0.2, 0) is 25.6 Å². The first kappa shape index (κ1) is 29.8. The van der Waals surface area contributed by atoms with Crippen LogP contribution in [0.3, 0.4) is 0 Å². The van der Waals surface area contributed by atoms with Crippen molar-refractivity contribution >= 4 is 41.2 Å². The van der Waals surface area contributed by atoms with Crippen molar-refractivity contribution in [1.29, 1.82) is 0 Å². The van der Waals surface area contributed by atoms with Crippen LogP contribution in [0, 0.1) is 0 Å². The summed E-state index contributed by atoms with van der Waals surface area (Å²) in [7, 11) is 0. The number of fused-ring (bicyclic) bond motifs is 1. The fourth-order valence-corrected chi connectivity index (χ4v) is 3.45. The number of nitrogens with zero attached hydrogens (tertiary/aromatic N) is 4. The summed E-state index contributed by atoms with van der Waals surface area (Å²) in [6, 6.07) is 7.45. The van der Waals surface area contributed by atoms with Crippen LogP contribution in [0.25, 0.3) is 11.2 Å². The van der Waals surface area contributed by atoms with Gasteiger partial charge in [-0.3, -0.25) is 5.32 Å². The number of aromatic nitrogens is 4. The highest BCUT2D eigenvalue weighted by molar-refractivity contribution is 5.97. The van der Waals surface area contributed by atoms with Crippen molar-refractivity contribution in [2.24, 2.45) is 0 Å². The second-order valence-corrected chi connectivity index (χ2v) is 9.52. The third kappa shape index (κ3) is 8.92. The first-order valence-electron chi connectivity index (χ1n) is 12.7. The molecule has 2 heterocycles. The predicted molar refractivity (Wildman–Crippen MR) is 143 cm³/mol. The van der Waals surface area contributed by atoms with Crippen LogP contribution in [0.1, 0.15) is 46.1 Å². The van der Waals surface area contributed by atoms with Crippen LogP contribution < -0.4 is 16.0 Å². The summed E-state index contributed by atoms with van der Waals surface area (Å²) in [6.45, 7) is 7.30. The van der Waals surface area contributed by atoms with Crippen LogP contribution >= 0.6 is 0 Å². The molecule has 40 heavy (non-hydrogen) atoms. The maximum atomic E-state index is 13.1. The van der Waals surface area contributed by atoms with Crippen LogP contribution in [0.4, 0.5) is 20.2 Å². The van der Waals surface area contributed by atoms with E-state index in [2.05, 4.69) is 30.9 Å². The minimum absolute atomic E-state index is 0.0461. The van der Waals surface area contributed by atoms with Gasteiger partial charge in [0.2, 0.25) is 0 Å². The number of carbonyl (C=O) groups excluding carboxylic acids is 4. The molecule has 0 saturated heterocycles. The lowest BCUT2D eigenvalue weighted by atomic mass is 10.1. The first-order valence-corrected chi connectivity index (χ1v) is 12.7. The zero-order valence-corrected chi connectivity index (χ0v) is 22.8. The van der Waals surface area contributed by atoms with E-state index in [1.165, 1.54) is 6.33 Å². The average molecular weight is 556 g/mol. The fraction of sp³-hybridized carbons (Fsp3) is 0.423. The second-order valence-electron chi connectivity index (χ2n) is 9.52. The van der Waals surface area contributed by atoms with Gasteiger partial charge in [0.25, 0.3) is 0 Å². The molecule has 0 radical (unpaired) electrons. The Bertz CT molecular complexity index is 1320. The number of rotatable bonds is 10. The molecule has 14 heteroatoms. The largest absolute Gasteiger partial charge is 0.464 e. The summed E-state index contributed by atoms with van der Waals surface area (Å²) in [5.74, 6) is -0.583. The van der Waals surface area contributed by atoms with Gasteiger partial charge in [-0.25, -0.2) is 38.7 Å². The average Bonchev–Trinajstić information content (AvgIpc) is 3.34. The van der Waals surface area contributed by atoms with E-state index >= 15 is 0 Å². The lowest BCUT2D eigenvalue weighted by Gasteiger charge is -2.20. The van der Waals surface area contributed by atoms with E-state index in [0.717, 1.165) is 16.5 Å². The Morgan fingerprint density at radius 1 is 1.00 bits per heavy atom. The van der Waals surface area contributed by atoms with Gasteiger partial charge in [-0.05, 0) is 46.1 Å². The molecule has 2 aromatic heterocycles. The number of hydrogen-bond donors (Lipinski definition) is 3. The zero-order chi connectivity index (χ0) is 29.1. The number of carbonyl (C=O) groups is 4. The fourth-order valence-electron chi connectivity index (χ4n) is 3.45. The second kappa shape index (κ2) is 13.9. The van der Waals surface area contributed by atoms with E-state index < -0.39 is 35.8 Å². The third-order valence-corrected chi connectivity index (χ3v) is 5.19. The first-order chi connectivity index (χ1) is 19.1. The molecule has 3 rings (SSSR count). The van der Waals surface area contributed by atoms with Gasteiger partial charge in [0.15, 0.2) is 17.0 Å². The molecule has 0 bridgehead atoms. The molecule has 0 aliphatic carbocycles. The highest BCUT2D eigenvalue weighted by atomic mass is 16.6. The van der Waals surface area contributed by atoms with Crippen molar-refractivity contribution < 1.29 is 33.4 Å². The highest BCUT2D eigenvalue weighted by Crippen LogP contribution is 2.18. The SMILES string of the molecule is CCOC(=O)C(CCCNC(=O)OC(C)(C)C)NC(=O)n1cnc2c(NC(=O)OCc3ccccc3)ncnc21. The quantitative estimate of drug-likeness (QED) is 0.191. The minimum atomic E-state index is -1.00. The number of nitrogens with one attached hydrogen (secondary N) is 3. The number of hydrogen-bond acceptors (Lipinski definition) is 10. The summed E-state index contributed by atoms with van der Waals surface area (Å²) in [4.78, 5) is 62.0. The maximum Gasteiger partial charge on any atom is 0.413 e. The minimum Gasteiger partial charge on any atom is -0.464 e. The zero-order valence-electron chi connectivity index (χ0n) is 22.8. The van der Waals surface area contributed by atoms with Crippen LogP contribution in [-0.4, -0.2) is 68.5 Å². The number of amides is 3. The van der Waals surface area contributed by atoms with Gasteiger partial charge >= 0.3 is 24.2 Å². The van der Waals surface area contributed by atoms with Crippen LogP contribution in [0.5, 0.6) is 0 Å². The molecule has 3 amide bonds. The smallest absolute Gasteiger partial charge is 0.413 e. The molecular formula is C26H33N7O7. The Labute approximate surface area is 230 Å². The summed E-state index contributed by atoms with van der Waals surface area (Å²) in [5.41, 5.74) is 0.410. The number of anilines is 1. The summed E-state index contributed by atoms with van der Waals surface area (Å²) in [6.07, 6.45) is 1.55. The third-order valence-electron chi connectivity index (χ3n) is 5.19. The Morgan fingerprint density at radius 3 is 2.45 bits per heavy atom. The molecule has 1 atom stereocenters. The van der Waals surface area contributed by atoms with Crippen molar-refractivity contribution in [3.63, 3.8) is 0 Å². The van der Waals surface area contributed by atoms with E-state index in [-0.39, 0.29) is 43.2 Å². The molecule has 0 spiro atoms. The Hall–Kier alpha value is -4.75. The van der Waals surface area contributed by atoms with Gasteiger partial charge in [0.05, 0.1) is 6.61 Å². The van der Waals surface area contributed by atoms with Gasteiger partial charge < -0.3 is 24.8 Å². The molecule has 0 aliphatic heterocycles. The van der Waals surface area contributed by atoms with Crippen molar-refractivity contribution in [2.75, 3.05) is 18.5 Å². The lowest BCUT2D eigenvalue weighted by Crippen LogP contribution is -2.44. The highest BCUT2D eigenvalue weighted by Gasteiger charge is 2.25. The standard InChI is InChI=1S/C26H33N7O7/c1-5-38-22(34)18(12-9-13-27-24(36)40-26(2,3)4)31-23(35)33-16-30-19-20(28-15-29-21(19)33)32-25(37)39-14-17-10-7-6-8-11-17/h6-8,10-11,15-16,18H,5,9,12-14H2,1-4H3,(H,27,36)(H,31,35)(H,28,29,32,37). The summed E-state index contributed by atoms with van der Waals surface area (Å²) >= 11 is 0. The molecule has 3 N–H and O–H groups in total. The van der Waals surface area contributed by atoms with Gasteiger partial charge in [-0.15, -0.1) is 0 Å². The van der Waals surface area contributed by atoms with Crippen molar-refractivity contribution in [1.82, 2.24) is 30.2 Å². The summed E-state index contributed by atoms with van der Waals surface area (Å²) < 4.78 is 16.6. The number of esters is 1. The Morgan fingerprint density at radius 2 is 1.75 bits per heavy atom. The monoisotopic (exact) mass is 555 g/mol. The van der Waals surface area contributed by atoms with Crippen molar-refractivity contribution in [3.05, 3.63) is 48.5 Å². The normalized spacial score (nSPS) is 11.8. The predicted octanol–water partition coefficient (Wildman–Crippen LogP) is 3.37. The van der Waals surface area contributed by atoms with Gasteiger partial charge in [0.1, 0.15) is 30.9 Å². The Balaban J connectivity index is 1.63. The van der Waals surface area contributed by atoms with Gasteiger partial charge in [-0.2, -0.15) is 0 Å². The molecular weight excluding hydrogens is 522 g/mol. The van der Waals surface area contributed by atoms with Gasteiger partial charge in [-0.1, -0.05) is 30.3 Å². The van der Waals surface area contributed by atoms with E-state index in [1.807, 2.05) is 30.3 Å². The molecule has 0 aliphatic rings. The molecule has 0 fully saturated rings. The van der Waals surface area contributed by atoms with Crippen LogP contribution in [0.2, 0.25) is 0 Å². The molecule has 3 aromatic rings. The number of benzene rings is 1. The van der Waals surface area contributed by atoms with E-state index in [4.69, 9.17) is 14.2 Å². The summed E-state index contributed by atoms with van der Waals surface area (Å²) in [5, 5.41) is 7.72.